The lowest BCUT2D eigenvalue weighted by Gasteiger charge is -2.27. The summed E-state index contributed by atoms with van der Waals surface area (Å²) >= 11 is 0. The second kappa shape index (κ2) is 5.56. The Balaban J connectivity index is 2.22. The predicted octanol–water partition coefficient (Wildman–Crippen LogP) is 0.308. The number of hydrogen-bond acceptors (Lipinski definition) is 5. The Morgan fingerprint density at radius 2 is 2.20 bits per heavy atom. The van der Waals surface area contributed by atoms with Crippen molar-refractivity contribution in [2.75, 3.05) is 20.1 Å². The van der Waals surface area contributed by atoms with E-state index in [9.17, 15) is 20.0 Å². The number of aliphatic hydroxyl groups is 1. The zero-order valence-electron chi connectivity index (χ0n) is 11.4. The van der Waals surface area contributed by atoms with Crippen LogP contribution in [0.2, 0.25) is 0 Å². The molecular weight excluding hydrogens is 262 g/mol. The molecule has 1 heterocycles. The first-order valence-electron chi connectivity index (χ1n) is 6.33. The lowest BCUT2D eigenvalue weighted by atomic mass is 10.1. The summed E-state index contributed by atoms with van der Waals surface area (Å²) in [6.45, 7) is 2.66. The number of benzene rings is 1. The van der Waals surface area contributed by atoms with Crippen LogP contribution in [-0.4, -0.2) is 53.1 Å². The summed E-state index contributed by atoms with van der Waals surface area (Å²) in [5.41, 5.74) is 0.929. The van der Waals surface area contributed by atoms with Crippen molar-refractivity contribution in [3.05, 3.63) is 39.4 Å². The number of hydrogen-bond donors (Lipinski definition) is 2. The van der Waals surface area contributed by atoms with E-state index in [1.54, 1.807) is 14.0 Å². The maximum Gasteiger partial charge on any atom is 0.269 e. The summed E-state index contributed by atoms with van der Waals surface area (Å²) < 4.78 is 0. The van der Waals surface area contributed by atoms with Gasteiger partial charge in [0.2, 0.25) is 0 Å². The van der Waals surface area contributed by atoms with Gasteiger partial charge in [-0.3, -0.25) is 14.9 Å². The predicted molar refractivity (Wildman–Crippen MR) is 72.6 cm³/mol. The van der Waals surface area contributed by atoms with Crippen LogP contribution in [0.1, 0.15) is 15.9 Å². The number of nitro groups is 1. The van der Waals surface area contributed by atoms with Crippen molar-refractivity contribution in [2.45, 2.75) is 19.1 Å². The lowest BCUT2D eigenvalue weighted by Crippen LogP contribution is -2.44. The minimum absolute atomic E-state index is 0.0377. The second-order valence-corrected chi connectivity index (χ2v) is 4.97. The van der Waals surface area contributed by atoms with E-state index in [0.29, 0.717) is 24.2 Å². The Morgan fingerprint density at radius 1 is 1.50 bits per heavy atom. The molecule has 0 bridgehead atoms. The van der Waals surface area contributed by atoms with E-state index in [2.05, 4.69) is 5.32 Å². The third kappa shape index (κ3) is 2.63. The number of rotatable bonds is 3. The number of nitrogens with zero attached hydrogens (tertiary/aromatic N) is 2. The van der Waals surface area contributed by atoms with Crippen molar-refractivity contribution in [3.8, 4) is 0 Å². The molecule has 0 spiro atoms. The number of nitro benzene ring substituents is 1. The zero-order valence-corrected chi connectivity index (χ0v) is 11.4. The molecule has 1 aromatic rings. The fourth-order valence-electron chi connectivity index (χ4n) is 2.39. The highest BCUT2D eigenvalue weighted by molar-refractivity contribution is 5.96. The van der Waals surface area contributed by atoms with Crippen LogP contribution in [0.3, 0.4) is 0 Å². The van der Waals surface area contributed by atoms with E-state index >= 15 is 0 Å². The Kier molecular flexibility index (Phi) is 4.01. The van der Waals surface area contributed by atoms with Crippen molar-refractivity contribution < 1.29 is 14.8 Å². The van der Waals surface area contributed by atoms with Gasteiger partial charge >= 0.3 is 0 Å². The molecular formula is C13H17N3O4. The van der Waals surface area contributed by atoms with Crippen LogP contribution in [0.5, 0.6) is 0 Å². The Bertz CT molecular complexity index is 546. The van der Waals surface area contributed by atoms with Crippen LogP contribution < -0.4 is 5.32 Å². The van der Waals surface area contributed by atoms with Gasteiger partial charge in [0.1, 0.15) is 0 Å². The van der Waals surface area contributed by atoms with Crippen LogP contribution in [0.15, 0.2) is 18.2 Å². The summed E-state index contributed by atoms with van der Waals surface area (Å²) in [6.07, 6.45) is -0.595. The van der Waals surface area contributed by atoms with Crippen LogP contribution in [0, 0.1) is 17.0 Å². The maximum absolute atomic E-state index is 12.4. The number of aryl methyl sites for hydroxylation is 1. The highest BCUT2D eigenvalue weighted by Gasteiger charge is 2.32. The van der Waals surface area contributed by atoms with Crippen LogP contribution in [0.25, 0.3) is 0 Å². The molecule has 7 nitrogen and oxygen atoms in total. The molecule has 0 radical (unpaired) electrons. The molecule has 0 unspecified atom stereocenters. The van der Waals surface area contributed by atoms with Gasteiger partial charge in [0.15, 0.2) is 0 Å². The first-order valence-corrected chi connectivity index (χ1v) is 6.33. The Hall–Kier alpha value is -1.99. The molecule has 1 aliphatic heterocycles. The molecule has 7 heteroatoms. The van der Waals surface area contributed by atoms with E-state index in [4.69, 9.17) is 0 Å². The van der Waals surface area contributed by atoms with Crippen LogP contribution in [-0.2, 0) is 0 Å². The van der Waals surface area contributed by atoms with Crippen molar-refractivity contribution in [1.82, 2.24) is 10.2 Å². The zero-order chi connectivity index (χ0) is 14.9. The topological polar surface area (TPSA) is 95.7 Å². The van der Waals surface area contributed by atoms with Crippen LogP contribution in [0.4, 0.5) is 5.69 Å². The highest BCUT2D eigenvalue weighted by Crippen LogP contribution is 2.20. The van der Waals surface area contributed by atoms with E-state index in [-0.39, 0.29) is 17.6 Å². The SMILES string of the molecule is Cc1cc([N+](=O)[O-])ccc1C(=O)N(C)[C@H]1CNC[C@@H]1O. The summed E-state index contributed by atoms with van der Waals surface area (Å²) in [4.78, 5) is 24.1. The number of likely N-dealkylation sites (N-methyl/N-ethyl adjacent to an activating group) is 1. The van der Waals surface area contributed by atoms with Gasteiger partial charge in [-0.2, -0.15) is 0 Å². The number of β-amino-alcohol motifs (C(OH)–C–C–N with tert-alkyl or cyclic N) is 1. The van der Waals surface area contributed by atoms with Crippen molar-refractivity contribution in [3.63, 3.8) is 0 Å². The molecule has 108 valence electrons. The molecule has 2 rings (SSSR count). The standard InChI is InChI=1S/C13H17N3O4/c1-8-5-9(16(19)20)3-4-10(8)13(18)15(2)11-6-14-7-12(11)17/h3-5,11-12,14,17H,6-7H2,1-2H3/t11-,12-/m0/s1. The largest absolute Gasteiger partial charge is 0.390 e. The maximum atomic E-state index is 12.4. The van der Waals surface area contributed by atoms with Gasteiger partial charge in [-0.15, -0.1) is 0 Å². The molecule has 1 aliphatic rings. The fourth-order valence-corrected chi connectivity index (χ4v) is 2.39. The van der Waals surface area contributed by atoms with Gasteiger partial charge in [0.25, 0.3) is 11.6 Å². The number of amides is 1. The monoisotopic (exact) mass is 279 g/mol. The molecule has 2 atom stereocenters. The number of carbonyl (C=O) groups is 1. The van der Waals surface area contributed by atoms with Gasteiger partial charge in [0, 0.05) is 37.8 Å². The van der Waals surface area contributed by atoms with Crippen LogP contribution >= 0.6 is 0 Å². The summed E-state index contributed by atoms with van der Waals surface area (Å²) in [5.74, 6) is -0.245. The highest BCUT2D eigenvalue weighted by atomic mass is 16.6. The molecule has 0 saturated carbocycles. The van der Waals surface area contributed by atoms with E-state index in [1.807, 2.05) is 0 Å². The third-order valence-corrected chi connectivity index (χ3v) is 3.62. The second-order valence-electron chi connectivity index (χ2n) is 4.97. The van der Waals surface area contributed by atoms with Crippen molar-refractivity contribution in [1.29, 1.82) is 0 Å². The molecule has 0 aliphatic carbocycles. The van der Waals surface area contributed by atoms with E-state index < -0.39 is 11.0 Å². The average Bonchev–Trinajstić information content (AvgIpc) is 2.83. The minimum Gasteiger partial charge on any atom is -0.390 e. The van der Waals surface area contributed by atoms with E-state index in [0.717, 1.165) is 0 Å². The first kappa shape index (κ1) is 14.4. The van der Waals surface area contributed by atoms with Gasteiger partial charge in [-0.25, -0.2) is 0 Å². The summed E-state index contributed by atoms with van der Waals surface area (Å²) in [7, 11) is 1.63. The van der Waals surface area contributed by atoms with Gasteiger partial charge in [0.05, 0.1) is 17.1 Å². The average molecular weight is 279 g/mol. The quantitative estimate of drug-likeness (QED) is 0.613. The number of aliphatic hydroxyl groups excluding tert-OH is 1. The molecule has 1 fully saturated rings. The smallest absolute Gasteiger partial charge is 0.269 e. The summed E-state index contributed by atoms with van der Waals surface area (Å²) in [6, 6.07) is 3.88. The number of carbonyl (C=O) groups excluding carboxylic acids is 1. The number of non-ortho nitro benzene ring substituents is 1. The van der Waals surface area contributed by atoms with E-state index in [1.165, 1.54) is 23.1 Å². The molecule has 1 saturated heterocycles. The Labute approximate surface area is 116 Å². The fraction of sp³-hybridized carbons (Fsp3) is 0.462. The molecule has 0 aromatic heterocycles. The molecule has 1 amide bonds. The normalized spacial score (nSPS) is 21.8. The Morgan fingerprint density at radius 3 is 2.70 bits per heavy atom. The lowest BCUT2D eigenvalue weighted by molar-refractivity contribution is -0.384. The van der Waals surface area contributed by atoms with Crippen molar-refractivity contribution >= 4 is 11.6 Å². The number of nitrogens with one attached hydrogen (secondary N) is 1. The molecule has 20 heavy (non-hydrogen) atoms. The van der Waals surface area contributed by atoms with Gasteiger partial charge < -0.3 is 15.3 Å². The molecule has 2 N–H and O–H groups in total. The third-order valence-electron chi connectivity index (χ3n) is 3.62. The van der Waals surface area contributed by atoms with Crippen molar-refractivity contribution in [2.24, 2.45) is 0 Å². The first-order chi connectivity index (χ1) is 9.41. The minimum atomic E-state index is -0.595. The molecule has 1 aromatic carbocycles. The van der Waals surface area contributed by atoms with Gasteiger partial charge in [-0.05, 0) is 18.6 Å². The summed E-state index contributed by atoms with van der Waals surface area (Å²) in [5, 5.41) is 23.5. The van der Waals surface area contributed by atoms with Gasteiger partial charge in [-0.1, -0.05) is 0 Å².